The third kappa shape index (κ3) is 3.64. The summed E-state index contributed by atoms with van der Waals surface area (Å²) in [5, 5.41) is 8.22. The minimum Gasteiger partial charge on any atom is -0.456 e. The molecule has 1 heterocycles. The molecule has 0 aliphatic carbocycles. The number of carbonyl (C=O) groups excluding carboxylic acids is 3. The minimum absolute atomic E-state index is 0.0753. The van der Waals surface area contributed by atoms with E-state index in [1.807, 2.05) is 0 Å². The SMILES string of the molecule is C[C@H](CC(=N)C(=O)OC(C)(C)C)N1C(=O)c2ccc(Cl)cc2C1=O. The van der Waals surface area contributed by atoms with Crippen molar-refractivity contribution in [3.8, 4) is 0 Å². The molecule has 7 heteroatoms. The first-order valence-electron chi connectivity index (χ1n) is 7.49. The lowest BCUT2D eigenvalue weighted by Gasteiger charge is -2.24. The second-order valence-corrected chi connectivity index (χ2v) is 7.14. The molecule has 1 N–H and O–H groups in total. The average Bonchev–Trinajstić information content (AvgIpc) is 2.68. The standard InChI is InChI=1S/C17H19ClN2O4/c1-9(7-13(19)16(23)24-17(2,3)4)20-14(21)11-6-5-10(18)8-12(11)15(20)22/h5-6,8-9,19H,7H2,1-4H3/t9-/m1/s1. The second kappa shape index (κ2) is 6.36. The maximum Gasteiger partial charge on any atom is 0.352 e. The number of rotatable bonds is 4. The van der Waals surface area contributed by atoms with Crippen molar-refractivity contribution in [1.82, 2.24) is 4.90 Å². The summed E-state index contributed by atoms with van der Waals surface area (Å²) in [5.41, 5.74) is -0.478. The van der Waals surface area contributed by atoms with E-state index >= 15 is 0 Å². The van der Waals surface area contributed by atoms with Crippen molar-refractivity contribution >= 4 is 35.1 Å². The van der Waals surface area contributed by atoms with E-state index in [-0.39, 0.29) is 23.3 Å². The zero-order valence-electron chi connectivity index (χ0n) is 14.0. The zero-order valence-corrected chi connectivity index (χ0v) is 14.7. The Morgan fingerprint density at radius 1 is 1.25 bits per heavy atom. The molecule has 0 unspecified atom stereocenters. The monoisotopic (exact) mass is 350 g/mol. The molecule has 0 radical (unpaired) electrons. The molecule has 1 aromatic carbocycles. The highest BCUT2D eigenvalue weighted by molar-refractivity contribution is 6.35. The van der Waals surface area contributed by atoms with Crippen molar-refractivity contribution in [3.63, 3.8) is 0 Å². The van der Waals surface area contributed by atoms with Crippen LogP contribution in [0.4, 0.5) is 0 Å². The lowest BCUT2D eigenvalue weighted by Crippen LogP contribution is -2.40. The van der Waals surface area contributed by atoms with E-state index in [0.29, 0.717) is 5.02 Å². The van der Waals surface area contributed by atoms with Crippen molar-refractivity contribution in [3.05, 3.63) is 34.3 Å². The number of nitrogens with zero attached hydrogens (tertiary/aromatic N) is 1. The Bertz CT molecular complexity index is 737. The smallest absolute Gasteiger partial charge is 0.352 e. The second-order valence-electron chi connectivity index (χ2n) is 6.70. The quantitative estimate of drug-likeness (QED) is 0.513. The number of fused-ring (bicyclic) bond motifs is 1. The van der Waals surface area contributed by atoms with Crippen LogP contribution < -0.4 is 0 Å². The Morgan fingerprint density at radius 3 is 2.42 bits per heavy atom. The third-order valence-electron chi connectivity index (χ3n) is 3.47. The van der Waals surface area contributed by atoms with Gasteiger partial charge in [-0.15, -0.1) is 0 Å². The predicted octanol–water partition coefficient (Wildman–Crippen LogP) is 3.08. The topological polar surface area (TPSA) is 87.5 Å². The van der Waals surface area contributed by atoms with Crippen LogP contribution in [-0.4, -0.2) is 40.0 Å². The van der Waals surface area contributed by atoms with Crippen molar-refractivity contribution in [1.29, 1.82) is 5.41 Å². The molecule has 0 spiro atoms. The van der Waals surface area contributed by atoms with Gasteiger partial charge >= 0.3 is 5.97 Å². The Labute approximate surface area is 145 Å². The number of halogens is 1. The first-order valence-corrected chi connectivity index (χ1v) is 7.87. The van der Waals surface area contributed by atoms with Gasteiger partial charge in [0.2, 0.25) is 0 Å². The molecule has 0 aromatic heterocycles. The number of nitrogens with one attached hydrogen (secondary N) is 1. The van der Waals surface area contributed by atoms with Crippen LogP contribution in [0.2, 0.25) is 5.02 Å². The van der Waals surface area contributed by atoms with Gasteiger partial charge in [-0.1, -0.05) is 11.6 Å². The molecule has 2 amide bonds. The highest BCUT2D eigenvalue weighted by atomic mass is 35.5. The fourth-order valence-corrected chi connectivity index (χ4v) is 2.61. The molecule has 128 valence electrons. The third-order valence-corrected chi connectivity index (χ3v) is 3.70. The van der Waals surface area contributed by atoms with E-state index in [2.05, 4.69) is 0 Å². The number of imide groups is 1. The van der Waals surface area contributed by atoms with E-state index in [4.69, 9.17) is 21.7 Å². The van der Waals surface area contributed by atoms with Gasteiger partial charge in [-0.3, -0.25) is 19.9 Å². The van der Waals surface area contributed by atoms with Crippen LogP contribution >= 0.6 is 11.6 Å². The summed E-state index contributed by atoms with van der Waals surface area (Å²) in [4.78, 5) is 37.8. The number of esters is 1. The summed E-state index contributed by atoms with van der Waals surface area (Å²) in [6, 6.07) is 3.85. The molecule has 0 saturated heterocycles. The van der Waals surface area contributed by atoms with Gasteiger partial charge in [0.1, 0.15) is 11.3 Å². The molecule has 6 nitrogen and oxygen atoms in total. The van der Waals surface area contributed by atoms with Crippen LogP contribution in [0.5, 0.6) is 0 Å². The minimum atomic E-state index is -0.756. The van der Waals surface area contributed by atoms with Gasteiger partial charge in [-0.25, -0.2) is 4.79 Å². The van der Waals surface area contributed by atoms with Gasteiger partial charge < -0.3 is 4.74 Å². The van der Waals surface area contributed by atoms with Crippen LogP contribution in [0, 0.1) is 5.41 Å². The fraction of sp³-hybridized carbons (Fsp3) is 0.412. The fourth-order valence-electron chi connectivity index (χ4n) is 2.44. The Kier molecular flexibility index (Phi) is 4.80. The Morgan fingerprint density at radius 2 is 1.83 bits per heavy atom. The van der Waals surface area contributed by atoms with Gasteiger partial charge in [0.15, 0.2) is 0 Å². The molecule has 1 aliphatic heterocycles. The summed E-state index contributed by atoms with van der Waals surface area (Å²) in [6.45, 7) is 6.72. The van der Waals surface area contributed by atoms with Gasteiger partial charge in [-0.05, 0) is 45.9 Å². The molecule has 2 rings (SSSR count). The number of benzene rings is 1. The Hall–Kier alpha value is -2.21. The van der Waals surface area contributed by atoms with Gasteiger partial charge in [0.25, 0.3) is 11.8 Å². The lowest BCUT2D eigenvalue weighted by atomic mass is 10.1. The van der Waals surface area contributed by atoms with Crippen LogP contribution in [-0.2, 0) is 9.53 Å². The molecule has 1 atom stereocenters. The molecule has 0 bridgehead atoms. The number of ether oxygens (including phenoxy) is 1. The maximum atomic E-state index is 12.4. The van der Waals surface area contributed by atoms with Crippen molar-refractivity contribution in [2.24, 2.45) is 0 Å². The number of hydrogen-bond acceptors (Lipinski definition) is 5. The van der Waals surface area contributed by atoms with Crippen LogP contribution in [0.25, 0.3) is 0 Å². The molecular formula is C17H19ClN2O4. The summed E-state index contributed by atoms with van der Waals surface area (Å²) in [5.74, 6) is -1.67. The van der Waals surface area contributed by atoms with Gasteiger partial charge in [-0.2, -0.15) is 0 Å². The van der Waals surface area contributed by atoms with Crippen LogP contribution in [0.1, 0.15) is 54.8 Å². The molecule has 1 aromatic rings. The van der Waals surface area contributed by atoms with E-state index in [1.165, 1.54) is 12.1 Å². The van der Waals surface area contributed by atoms with Crippen LogP contribution in [0.3, 0.4) is 0 Å². The van der Waals surface area contributed by atoms with Crippen molar-refractivity contribution < 1.29 is 19.1 Å². The normalized spacial score (nSPS) is 15.3. The van der Waals surface area contributed by atoms with Crippen LogP contribution in [0.15, 0.2) is 18.2 Å². The highest BCUT2D eigenvalue weighted by Crippen LogP contribution is 2.28. The van der Waals surface area contributed by atoms with E-state index < -0.39 is 29.4 Å². The number of carbonyl (C=O) groups is 3. The Balaban J connectivity index is 2.13. The summed E-state index contributed by atoms with van der Waals surface area (Å²) < 4.78 is 5.12. The molecule has 24 heavy (non-hydrogen) atoms. The predicted molar refractivity (Wildman–Crippen MR) is 89.6 cm³/mol. The average molecular weight is 351 g/mol. The zero-order chi connectivity index (χ0) is 18.2. The molecular weight excluding hydrogens is 332 g/mol. The van der Waals surface area contributed by atoms with E-state index in [9.17, 15) is 14.4 Å². The number of hydrogen-bond donors (Lipinski definition) is 1. The molecule has 0 fully saturated rings. The summed E-state index contributed by atoms with van der Waals surface area (Å²) >= 11 is 5.87. The summed E-state index contributed by atoms with van der Waals surface area (Å²) in [7, 11) is 0. The largest absolute Gasteiger partial charge is 0.456 e. The number of amides is 2. The van der Waals surface area contributed by atoms with Gasteiger partial charge in [0, 0.05) is 17.5 Å². The molecule has 0 saturated carbocycles. The van der Waals surface area contributed by atoms with E-state index in [1.54, 1.807) is 33.8 Å². The summed E-state index contributed by atoms with van der Waals surface area (Å²) in [6.07, 6.45) is -0.0753. The highest BCUT2D eigenvalue weighted by Gasteiger charge is 2.39. The molecule has 1 aliphatic rings. The maximum absolute atomic E-state index is 12.4. The van der Waals surface area contributed by atoms with Gasteiger partial charge in [0.05, 0.1) is 11.1 Å². The first-order chi connectivity index (χ1) is 11.0. The first kappa shape index (κ1) is 18.1. The lowest BCUT2D eigenvalue weighted by molar-refractivity contribution is -0.146. The van der Waals surface area contributed by atoms with Crippen molar-refractivity contribution in [2.75, 3.05) is 0 Å². The van der Waals surface area contributed by atoms with Crippen molar-refractivity contribution in [2.45, 2.75) is 45.8 Å². The van der Waals surface area contributed by atoms with E-state index in [0.717, 1.165) is 4.90 Å².